The van der Waals surface area contributed by atoms with Gasteiger partial charge in [0.05, 0.1) is 11.6 Å². The number of fused-ring (bicyclic) bond motifs is 1. The zero-order valence-corrected chi connectivity index (χ0v) is 15.1. The summed E-state index contributed by atoms with van der Waals surface area (Å²) >= 11 is 0. The van der Waals surface area contributed by atoms with Crippen molar-refractivity contribution in [2.45, 2.75) is 13.3 Å². The van der Waals surface area contributed by atoms with Gasteiger partial charge in [0.1, 0.15) is 11.6 Å². The van der Waals surface area contributed by atoms with Crippen molar-refractivity contribution in [3.8, 4) is 5.75 Å². The fraction of sp³-hybridized carbons (Fsp3) is 0.250. The van der Waals surface area contributed by atoms with E-state index in [1.54, 1.807) is 37.3 Å². The molecule has 28 heavy (non-hydrogen) atoms. The van der Waals surface area contributed by atoms with E-state index in [0.29, 0.717) is 28.4 Å². The van der Waals surface area contributed by atoms with Crippen molar-refractivity contribution in [3.05, 3.63) is 47.8 Å². The summed E-state index contributed by atoms with van der Waals surface area (Å²) in [6.45, 7) is 1.78. The number of ether oxygens (including phenoxy) is 1. The van der Waals surface area contributed by atoms with Crippen LogP contribution in [-0.4, -0.2) is 30.9 Å². The van der Waals surface area contributed by atoms with E-state index in [0.717, 1.165) is 0 Å². The molecule has 2 heterocycles. The molecule has 2 aromatic carbocycles. The van der Waals surface area contributed by atoms with Crippen molar-refractivity contribution in [1.29, 1.82) is 0 Å². The molecule has 0 aromatic heterocycles. The molecule has 0 unspecified atom stereocenters. The molecule has 1 saturated heterocycles. The van der Waals surface area contributed by atoms with E-state index in [9.17, 15) is 18.8 Å². The Kier molecular flexibility index (Phi) is 4.46. The molecule has 0 radical (unpaired) electrons. The number of carbonyl (C=O) groups is 3. The maximum atomic E-state index is 13.8. The van der Waals surface area contributed by atoms with Gasteiger partial charge in [0.15, 0.2) is 6.61 Å². The van der Waals surface area contributed by atoms with Crippen molar-refractivity contribution in [2.75, 3.05) is 28.7 Å². The summed E-state index contributed by atoms with van der Waals surface area (Å²) in [7, 11) is 0. The number of hydrogen-bond donors (Lipinski definition) is 2. The van der Waals surface area contributed by atoms with Crippen molar-refractivity contribution in [3.63, 3.8) is 0 Å². The summed E-state index contributed by atoms with van der Waals surface area (Å²) in [5, 5.41) is 5.44. The average molecular weight is 383 g/mol. The van der Waals surface area contributed by atoms with Crippen LogP contribution < -0.4 is 20.3 Å². The third-order valence-corrected chi connectivity index (χ3v) is 4.84. The zero-order valence-electron chi connectivity index (χ0n) is 15.1. The maximum absolute atomic E-state index is 13.8. The highest BCUT2D eigenvalue weighted by atomic mass is 19.1. The molecular formula is C20H18FN3O4. The van der Waals surface area contributed by atoms with Crippen molar-refractivity contribution in [2.24, 2.45) is 5.92 Å². The van der Waals surface area contributed by atoms with Gasteiger partial charge < -0.3 is 20.3 Å². The molecule has 0 spiro atoms. The Labute approximate surface area is 160 Å². The van der Waals surface area contributed by atoms with Crippen molar-refractivity contribution < 1.29 is 23.5 Å². The Hall–Kier alpha value is -3.42. The first-order valence-corrected chi connectivity index (χ1v) is 8.85. The van der Waals surface area contributed by atoms with Crippen LogP contribution in [0.3, 0.4) is 0 Å². The van der Waals surface area contributed by atoms with Gasteiger partial charge in [-0.25, -0.2) is 4.39 Å². The molecule has 2 aliphatic rings. The Morgan fingerprint density at radius 3 is 2.86 bits per heavy atom. The number of hydrogen-bond acceptors (Lipinski definition) is 4. The van der Waals surface area contributed by atoms with Crippen LogP contribution in [0.1, 0.15) is 12.0 Å². The number of carbonyl (C=O) groups excluding carboxylic acids is 3. The summed E-state index contributed by atoms with van der Waals surface area (Å²) in [6, 6.07) is 9.51. The van der Waals surface area contributed by atoms with Crippen LogP contribution in [-0.2, 0) is 14.4 Å². The zero-order chi connectivity index (χ0) is 19.8. The minimum atomic E-state index is -0.557. The molecule has 144 valence electrons. The fourth-order valence-electron chi connectivity index (χ4n) is 3.29. The number of benzene rings is 2. The minimum Gasteiger partial charge on any atom is -0.482 e. The maximum Gasteiger partial charge on any atom is 0.262 e. The lowest BCUT2D eigenvalue weighted by Gasteiger charge is -2.19. The first kappa shape index (κ1) is 18.0. The second-order valence-electron chi connectivity index (χ2n) is 6.88. The Morgan fingerprint density at radius 2 is 2.07 bits per heavy atom. The number of anilines is 3. The van der Waals surface area contributed by atoms with Crippen molar-refractivity contribution >= 4 is 34.8 Å². The number of rotatable bonds is 3. The van der Waals surface area contributed by atoms with Crippen LogP contribution in [0.5, 0.6) is 5.75 Å². The summed E-state index contributed by atoms with van der Waals surface area (Å²) in [4.78, 5) is 37.8. The lowest BCUT2D eigenvalue weighted by atomic mass is 10.1. The summed E-state index contributed by atoms with van der Waals surface area (Å²) in [5.74, 6) is -1.23. The van der Waals surface area contributed by atoms with Gasteiger partial charge in [0.2, 0.25) is 11.8 Å². The number of nitrogens with zero attached hydrogens (tertiary/aromatic N) is 1. The number of aryl methyl sites for hydroxylation is 1. The molecule has 0 bridgehead atoms. The lowest BCUT2D eigenvalue weighted by Crippen LogP contribution is -2.28. The highest BCUT2D eigenvalue weighted by Crippen LogP contribution is 2.31. The predicted molar refractivity (Wildman–Crippen MR) is 101 cm³/mol. The van der Waals surface area contributed by atoms with Gasteiger partial charge in [-0.2, -0.15) is 0 Å². The Morgan fingerprint density at radius 1 is 1.25 bits per heavy atom. The quantitative estimate of drug-likeness (QED) is 0.852. The first-order chi connectivity index (χ1) is 13.4. The van der Waals surface area contributed by atoms with E-state index < -0.39 is 11.7 Å². The van der Waals surface area contributed by atoms with Gasteiger partial charge in [0, 0.05) is 24.3 Å². The number of halogens is 1. The molecule has 1 atom stereocenters. The van der Waals surface area contributed by atoms with Crippen LogP contribution in [0.4, 0.5) is 21.5 Å². The molecule has 2 aromatic rings. The highest BCUT2D eigenvalue weighted by Gasteiger charge is 2.35. The van der Waals surface area contributed by atoms with Gasteiger partial charge in [-0.05, 0) is 42.8 Å². The van der Waals surface area contributed by atoms with E-state index in [2.05, 4.69) is 10.6 Å². The molecule has 2 aliphatic heterocycles. The molecule has 7 nitrogen and oxygen atoms in total. The summed E-state index contributed by atoms with van der Waals surface area (Å²) < 4.78 is 19.1. The van der Waals surface area contributed by atoms with Crippen LogP contribution in [0.15, 0.2) is 36.4 Å². The van der Waals surface area contributed by atoms with E-state index >= 15 is 0 Å². The largest absolute Gasteiger partial charge is 0.482 e. The van der Waals surface area contributed by atoms with Gasteiger partial charge in [-0.1, -0.05) is 6.07 Å². The number of nitrogens with one attached hydrogen (secondary N) is 2. The van der Waals surface area contributed by atoms with E-state index in [4.69, 9.17) is 4.74 Å². The SMILES string of the molecule is Cc1ccc(N2C[C@H](C(=O)Nc3ccc4c(c3)NC(=O)CO4)CC2=O)cc1F. The van der Waals surface area contributed by atoms with Crippen molar-refractivity contribution in [1.82, 2.24) is 0 Å². The minimum absolute atomic E-state index is 0.0433. The Bertz CT molecular complexity index is 991. The summed E-state index contributed by atoms with van der Waals surface area (Å²) in [6.07, 6.45) is 0.0477. The summed E-state index contributed by atoms with van der Waals surface area (Å²) in [5.41, 5.74) is 1.90. The van der Waals surface area contributed by atoms with Gasteiger partial charge in [-0.3, -0.25) is 14.4 Å². The molecule has 0 aliphatic carbocycles. The predicted octanol–water partition coefficient (Wildman–Crippen LogP) is 2.46. The van der Waals surface area contributed by atoms with Gasteiger partial charge >= 0.3 is 0 Å². The van der Waals surface area contributed by atoms with Crippen LogP contribution >= 0.6 is 0 Å². The van der Waals surface area contributed by atoms with Crippen LogP contribution in [0.25, 0.3) is 0 Å². The van der Waals surface area contributed by atoms with Gasteiger partial charge in [-0.15, -0.1) is 0 Å². The monoisotopic (exact) mass is 383 g/mol. The fourth-order valence-corrected chi connectivity index (χ4v) is 3.29. The topological polar surface area (TPSA) is 87.7 Å². The highest BCUT2D eigenvalue weighted by molar-refractivity contribution is 6.04. The molecular weight excluding hydrogens is 365 g/mol. The van der Waals surface area contributed by atoms with E-state index in [-0.39, 0.29) is 37.3 Å². The second-order valence-corrected chi connectivity index (χ2v) is 6.88. The first-order valence-electron chi connectivity index (χ1n) is 8.85. The molecule has 8 heteroatoms. The van der Waals surface area contributed by atoms with Crippen LogP contribution in [0, 0.1) is 18.7 Å². The smallest absolute Gasteiger partial charge is 0.262 e. The normalized spacial score (nSPS) is 18.4. The van der Waals surface area contributed by atoms with Gasteiger partial charge in [0.25, 0.3) is 5.91 Å². The molecule has 1 fully saturated rings. The van der Waals surface area contributed by atoms with Crippen LogP contribution in [0.2, 0.25) is 0 Å². The Balaban J connectivity index is 1.46. The van der Waals surface area contributed by atoms with E-state index in [1.165, 1.54) is 11.0 Å². The second kappa shape index (κ2) is 6.95. The third kappa shape index (κ3) is 3.40. The molecule has 0 saturated carbocycles. The average Bonchev–Trinajstić information content (AvgIpc) is 3.05. The third-order valence-electron chi connectivity index (χ3n) is 4.84. The molecule has 4 rings (SSSR count). The standard InChI is InChI=1S/C20H18FN3O4/c1-11-2-4-14(8-15(11)21)24-9-12(6-19(24)26)20(27)22-13-3-5-17-16(7-13)23-18(25)10-28-17/h2-5,7-8,12H,6,9-10H2,1H3,(H,22,27)(H,23,25)/t12-/m1/s1. The van der Waals surface area contributed by atoms with E-state index in [1.807, 2.05) is 0 Å². The molecule has 2 N–H and O–H groups in total. The lowest BCUT2D eigenvalue weighted by molar-refractivity contribution is -0.122. The number of amides is 3. The molecule has 3 amide bonds.